The highest BCUT2D eigenvalue weighted by Gasteiger charge is 2.46. The molecule has 2 atom stereocenters. The van der Waals surface area contributed by atoms with Crippen molar-refractivity contribution in [2.45, 2.75) is 25.6 Å². The fraction of sp³-hybridized carbons (Fsp3) is 0.529. The van der Waals surface area contributed by atoms with Crippen LogP contribution in [0.1, 0.15) is 12.7 Å². The Morgan fingerprint density at radius 3 is 2.52 bits per heavy atom. The van der Waals surface area contributed by atoms with Crippen LogP contribution in [0, 0.1) is 0 Å². The number of benzene rings is 1. The van der Waals surface area contributed by atoms with E-state index >= 15 is 0 Å². The van der Waals surface area contributed by atoms with Gasteiger partial charge in [0.1, 0.15) is 0 Å². The molecule has 8 heteroatoms. The standard InChI is InChI=1S/C17H22N4O3S/c1-2-20-8-9-21(15-12-25(22,23)11-14(15)20)10-16-18-17(24-19-16)13-6-4-3-5-7-13/h3-7,14-15H,2,8-12H2,1H3/t14-,15+/m0/s1. The molecule has 0 aliphatic carbocycles. The summed E-state index contributed by atoms with van der Waals surface area (Å²) in [6, 6.07) is 9.73. The third kappa shape index (κ3) is 3.33. The van der Waals surface area contributed by atoms with E-state index in [9.17, 15) is 8.42 Å². The third-order valence-electron chi connectivity index (χ3n) is 5.15. The molecular weight excluding hydrogens is 340 g/mol. The first-order chi connectivity index (χ1) is 12.1. The van der Waals surface area contributed by atoms with Gasteiger partial charge in [-0.25, -0.2) is 8.42 Å². The summed E-state index contributed by atoms with van der Waals surface area (Å²) >= 11 is 0. The van der Waals surface area contributed by atoms with Crippen molar-refractivity contribution in [3.05, 3.63) is 36.2 Å². The molecule has 2 fully saturated rings. The van der Waals surface area contributed by atoms with Crippen LogP contribution >= 0.6 is 0 Å². The summed E-state index contributed by atoms with van der Waals surface area (Å²) in [7, 11) is -2.98. The zero-order chi connectivity index (χ0) is 17.4. The minimum atomic E-state index is -2.98. The Bertz CT molecular complexity index is 837. The van der Waals surface area contributed by atoms with Crippen LogP contribution in [0.3, 0.4) is 0 Å². The predicted molar refractivity (Wildman–Crippen MR) is 93.6 cm³/mol. The van der Waals surface area contributed by atoms with Crippen LogP contribution in [-0.2, 0) is 16.4 Å². The van der Waals surface area contributed by atoms with Crippen LogP contribution in [0.2, 0.25) is 0 Å². The minimum Gasteiger partial charge on any atom is -0.334 e. The fourth-order valence-corrected chi connectivity index (χ4v) is 5.93. The maximum absolute atomic E-state index is 12.1. The lowest BCUT2D eigenvalue weighted by molar-refractivity contribution is 0.0419. The lowest BCUT2D eigenvalue weighted by atomic mass is 10.0. The van der Waals surface area contributed by atoms with Gasteiger partial charge in [-0.2, -0.15) is 4.98 Å². The van der Waals surface area contributed by atoms with Crippen molar-refractivity contribution in [1.29, 1.82) is 0 Å². The zero-order valence-corrected chi connectivity index (χ0v) is 15.0. The molecule has 2 saturated heterocycles. The minimum absolute atomic E-state index is 0.0115. The Kier molecular flexibility index (Phi) is 4.35. The molecular formula is C17H22N4O3S. The van der Waals surface area contributed by atoms with E-state index in [0.717, 1.165) is 25.2 Å². The van der Waals surface area contributed by atoms with E-state index in [0.29, 0.717) is 18.3 Å². The van der Waals surface area contributed by atoms with Gasteiger partial charge in [0, 0.05) is 30.7 Å². The Labute approximate surface area is 147 Å². The topological polar surface area (TPSA) is 79.5 Å². The molecule has 0 bridgehead atoms. The Balaban J connectivity index is 1.52. The predicted octanol–water partition coefficient (Wildman–Crippen LogP) is 1.04. The highest BCUT2D eigenvalue weighted by atomic mass is 32.2. The SMILES string of the molecule is CCN1CCN(Cc2noc(-c3ccccc3)n2)[C@@H]2CS(=O)(=O)C[C@@H]21. The molecule has 3 heterocycles. The second-order valence-electron chi connectivity index (χ2n) is 6.69. The maximum Gasteiger partial charge on any atom is 0.257 e. The van der Waals surface area contributed by atoms with E-state index in [-0.39, 0.29) is 23.6 Å². The van der Waals surface area contributed by atoms with E-state index in [2.05, 4.69) is 26.9 Å². The second kappa shape index (κ2) is 6.51. The number of nitrogens with zero attached hydrogens (tertiary/aromatic N) is 4. The highest BCUT2D eigenvalue weighted by Crippen LogP contribution is 2.28. The van der Waals surface area contributed by atoms with Crippen LogP contribution in [0.4, 0.5) is 0 Å². The van der Waals surface area contributed by atoms with Crippen LogP contribution in [0.5, 0.6) is 0 Å². The van der Waals surface area contributed by atoms with Gasteiger partial charge in [0.05, 0.1) is 18.1 Å². The van der Waals surface area contributed by atoms with Crippen molar-refractivity contribution in [2.24, 2.45) is 0 Å². The average molecular weight is 362 g/mol. The second-order valence-corrected chi connectivity index (χ2v) is 8.85. The number of hydrogen-bond donors (Lipinski definition) is 0. The van der Waals surface area contributed by atoms with Crippen molar-refractivity contribution >= 4 is 9.84 Å². The molecule has 2 aliphatic rings. The van der Waals surface area contributed by atoms with Crippen LogP contribution in [-0.4, -0.2) is 71.6 Å². The molecule has 7 nitrogen and oxygen atoms in total. The zero-order valence-electron chi connectivity index (χ0n) is 14.2. The van der Waals surface area contributed by atoms with Crippen LogP contribution < -0.4 is 0 Å². The largest absolute Gasteiger partial charge is 0.334 e. The lowest BCUT2D eigenvalue weighted by Gasteiger charge is -2.43. The summed E-state index contributed by atoms with van der Waals surface area (Å²) in [4.78, 5) is 8.95. The Morgan fingerprint density at radius 2 is 1.80 bits per heavy atom. The molecule has 1 aromatic heterocycles. The summed E-state index contributed by atoms with van der Waals surface area (Å²) < 4.78 is 29.7. The van der Waals surface area contributed by atoms with Gasteiger partial charge in [-0.3, -0.25) is 9.80 Å². The number of sulfone groups is 1. The summed E-state index contributed by atoms with van der Waals surface area (Å²) in [6.45, 7) is 5.18. The summed E-state index contributed by atoms with van der Waals surface area (Å²) in [5.74, 6) is 1.58. The Morgan fingerprint density at radius 1 is 1.12 bits per heavy atom. The van der Waals surface area contributed by atoms with Crippen molar-refractivity contribution in [2.75, 3.05) is 31.1 Å². The van der Waals surface area contributed by atoms with Gasteiger partial charge in [-0.05, 0) is 18.7 Å². The summed E-state index contributed by atoms with van der Waals surface area (Å²) in [6.07, 6.45) is 0. The first-order valence-corrected chi connectivity index (χ1v) is 10.4. The number of likely N-dealkylation sites (N-methyl/N-ethyl adjacent to an activating group) is 1. The van der Waals surface area contributed by atoms with E-state index in [1.807, 2.05) is 30.3 Å². The smallest absolute Gasteiger partial charge is 0.257 e. The molecule has 0 saturated carbocycles. The molecule has 0 N–H and O–H groups in total. The maximum atomic E-state index is 12.1. The monoisotopic (exact) mass is 362 g/mol. The van der Waals surface area contributed by atoms with E-state index in [1.165, 1.54) is 0 Å². The van der Waals surface area contributed by atoms with Gasteiger partial charge in [-0.15, -0.1) is 0 Å². The molecule has 25 heavy (non-hydrogen) atoms. The first-order valence-electron chi connectivity index (χ1n) is 8.62. The molecule has 2 aromatic rings. The quantitative estimate of drug-likeness (QED) is 0.804. The number of piperazine rings is 1. The number of fused-ring (bicyclic) bond motifs is 1. The van der Waals surface area contributed by atoms with Crippen LogP contribution in [0.15, 0.2) is 34.9 Å². The normalized spacial score (nSPS) is 26.6. The molecule has 1 aromatic carbocycles. The highest BCUT2D eigenvalue weighted by molar-refractivity contribution is 7.91. The lowest BCUT2D eigenvalue weighted by Crippen LogP contribution is -2.58. The third-order valence-corrected chi connectivity index (χ3v) is 6.84. The van der Waals surface area contributed by atoms with Gasteiger partial charge < -0.3 is 4.52 Å². The fourth-order valence-electron chi connectivity index (χ4n) is 3.88. The molecule has 4 rings (SSSR count). The first kappa shape index (κ1) is 16.7. The molecule has 0 radical (unpaired) electrons. The van der Waals surface area contributed by atoms with E-state index in [1.54, 1.807) is 0 Å². The van der Waals surface area contributed by atoms with Crippen molar-refractivity contribution in [1.82, 2.24) is 19.9 Å². The van der Waals surface area contributed by atoms with Gasteiger partial charge in [0.25, 0.3) is 5.89 Å². The van der Waals surface area contributed by atoms with E-state index < -0.39 is 9.84 Å². The summed E-state index contributed by atoms with van der Waals surface area (Å²) in [5.41, 5.74) is 0.887. The van der Waals surface area contributed by atoms with Crippen molar-refractivity contribution < 1.29 is 12.9 Å². The number of rotatable bonds is 4. The average Bonchev–Trinajstić information content (AvgIpc) is 3.19. The van der Waals surface area contributed by atoms with Gasteiger partial charge in [-0.1, -0.05) is 30.3 Å². The van der Waals surface area contributed by atoms with Crippen molar-refractivity contribution in [3.8, 4) is 11.5 Å². The molecule has 2 aliphatic heterocycles. The summed E-state index contributed by atoms with van der Waals surface area (Å²) in [5, 5.41) is 4.09. The van der Waals surface area contributed by atoms with Gasteiger partial charge in [0.15, 0.2) is 15.7 Å². The number of aromatic nitrogens is 2. The molecule has 0 unspecified atom stereocenters. The van der Waals surface area contributed by atoms with E-state index in [4.69, 9.17) is 4.52 Å². The molecule has 0 amide bonds. The molecule has 134 valence electrons. The van der Waals surface area contributed by atoms with Crippen molar-refractivity contribution in [3.63, 3.8) is 0 Å². The molecule has 0 spiro atoms. The van der Waals surface area contributed by atoms with Crippen LogP contribution in [0.25, 0.3) is 11.5 Å². The number of hydrogen-bond acceptors (Lipinski definition) is 7. The Hall–Kier alpha value is -1.77. The van der Waals surface area contributed by atoms with Gasteiger partial charge >= 0.3 is 0 Å². The van der Waals surface area contributed by atoms with Gasteiger partial charge in [0.2, 0.25) is 0 Å².